The Morgan fingerprint density at radius 3 is 2.58 bits per heavy atom. The second-order valence-corrected chi connectivity index (χ2v) is 2.70. The highest BCUT2D eigenvalue weighted by molar-refractivity contribution is 6.10. The second kappa shape index (κ2) is 2.78. The zero-order valence-electron chi connectivity index (χ0n) is 6.92. The lowest BCUT2D eigenvalue weighted by atomic mass is 10.0. The van der Waals surface area contributed by atoms with Crippen LogP contribution >= 0.6 is 0 Å². The molecule has 4 nitrogen and oxygen atoms in total. The number of hydrogen-bond donors (Lipinski definition) is 0. The Hall–Kier alpha value is -1.63. The number of likely N-dealkylation sites (N-methyl/N-ethyl adjacent to an activating group) is 1. The summed E-state index contributed by atoms with van der Waals surface area (Å²) in [7, 11) is 1.38. The molecule has 0 aromatic heterocycles. The van der Waals surface area contributed by atoms with Crippen LogP contribution < -0.4 is 0 Å². The molecule has 2 amide bonds. The van der Waals surface area contributed by atoms with Gasteiger partial charge in [-0.25, -0.2) is 0 Å². The van der Waals surface area contributed by atoms with Crippen molar-refractivity contribution in [1.29, 1.82) is 5.26 Å². The van der Waals surface area contributed by atoms with E-state index in [1.54, 1.807) is 13.0 Å². The molecule has 0 bridgehead atoms. The minimum absolute atomic E-state index is 0.0945. The van der Waals surface area contributed by atoms with Gasteiger partial charge < -0.3 is 0 Å². The summed E-state index contributed by atoms with van der Waals surface area (Å²) >= 11 is 0. The summed E-state index contributed by atoms with van der Waals surface area (Å²) in [6, 6.07) is 1.79. The van der Waals surface area contributed by atoms with Gasteiger partial charge in [-0.1, -0.05) is 0 Å². The Morgan fingerprint density at radius 1 is 1.50 bits per heavy atom. The first-order valence-electron chi connectivity index (χ1n) is 3.48. The van der Waals surface area contributed by atoms with Gasteiger partial charge in [0.2, 0.25) is 5.91 Å². The van der Waals surface area contributed by atoms with Crippen LogP contribution in [0.3, 0.4) is 0 Å². The van der Waals surface area contributed by atoms with Crippen molar-refractivity contribution < 1.29 is 9.59 Å². The Labute approximate surface area is 70.1 Å². The van der Waals surface area contributed by atoms with Gasteiger partial charge in [0.15, 0.2) is 0 Å². The highest BCUT2D eigenvalue weighted by atomic mass is 16.2. The maximum atomic E-state index is 11.2. The Balaban J connectivity index is 3.15. The van der Waals surface area contributed by atoms with E-state index in [-0.39, 0.29) is 17.9 Å². The van der Waals surface area contributed by atoms with Crippen LogP contribution in [0.5, 0.6) is 0 Å². The first-order valence-corrected chi connectivity index (χ1v) is 3.48. The number of carbonyl (C=O) groups excluding carboxylic acids is 2. The van der Waals surface area contributed by atoms with E-state index >= 15 is 0 Å². The van der Waals surface area contributed by atoms with Gasteiger partial charge in [-0.05, 0) is 12.5 Å². The summed E-state index contributed by atoms with van der Waals surface area (Å²) < 4.78 is 0. The standard InChI is InChI=1S/C8H8N2O2/c1-5-3-7(11)10(2)8(12)6(5)4-9/h3H2,1-2H3. The minimum atomic E-state index is -0.494. The van der Waals surface area contributed by atoms with Crippen molar-refractivity contribution in [3.8, 4) is 6.07 Å². The van der Waals surface area contributed by atoms with Crippen molar-refractivity contribution in [2.24, 2.45) is 0 Å². The van der Waals surface area contributed by atoms with E-state index in [0.29, 0.717) is 5.57 Å². The van der Waals surface area contributed by atoms with E-state index in [0.717, 1.165) is 4.90 Å². The molecule has 1 aliphatic rings. The molecule has 1 aliphatic heterocycles. The van der Waals surface area contributed by atoms with E-state index in [4.69, 9.17) is 5.26 Å². The first kappa shape index (κ1) is 8.47. The summed E-state index contributed by atoms with van der Waals surface area (Å²) in [6.07, 6.45) is 0.172. The molecule has 0 radical (unpaired) electrons. The predicted molar refractivity (Wildman–Crippen MR) is 40.7 cm³/mol. The molecular weight excluding hydrogens is 156 g/mol. The third kappa shape index (κ3) is 1.10. The molecule has 0 fully saturated rings. The molecule has 1 heterocycles. The molecule has 0 spiro atoms. The number of carbonyl (C=O) groups is 2. The lowest BCUT2D eigenvalue weighted by molar-refractivity contribution is -0.141. The van der Waals surface area contributed by atoms with Crippen molar-refractivity contribution in [1.82, 2.24) is 4.90 Å². The van der Waals surface area contributed by atoms with Gasteiger partial charge in [0.05, 0.1) is 0 Å². The van der Waals surface area contributed by atoms with Crippen LogP contribution in [0.1, 0.15) is 13.3 Å². The second-order valence-electron chi connectivity index (χ2n) is 2.70. The Bertz CT molecular complexity index is 322. The quantitative estimate of drug-likeness (QED) is 0.481. The van der Waals surface area contributed by atoms with Gasteiger partial charge in [-0.2, -0.15) is 5.26 Å². The van der Waals surface area contributed by atoms with Crippen LogP contribution in [0, 0.1) is 11.3 Å². The summed E-state index contributed by atoms with van der Waals surface area (Å²) in [4.78, 5) is 23.2. The van der Waals surface area contributed by atoms with E-state index < -0.39 is 5.91 Å². The highest BCUT2D eigenvalue weighted by Gasteiger charge is 2.28. The molecule has 1 rings (SSSR count). The first-order chi connectivity index (χ1) is 5.57. The predicted octanol–water partition coefficient (Wildman–Crippen LogP) is 0.215. The zero-order chi connectivity index (χ0) is 9.30. The van der Waals surface area contributed by atoms with Crippen molar-refractivity contribution >= 4 is 11.8 Å². The molecule has 0 aromatic carbocycles. The maximum Gasteiger partial charge on any atom is 0.270 e. The summed E-state index contributed by atoms with van der Waals surface area (Å²) in [6.45, 7) is 1.63. The van der Waals surface area contributed by atoms with Crippen LogP contribution in [-0.2, 0) is 9.59 Å². The lowest BCUT2D eigenvalue weighted by Crippen LogP contribution is -2.37. The maximum absolute atomic E-state index is 11.2. The van der Waals surface area contributed by atoms with E-state index in [9.17, 15) is 9.59 Å². The number of amides is 2. The van der Waals surface area contributed by atoms with E-state index in [2.05, 4.69) is 0 Å². The van der Waals surface area contributed by atoms with Crippen LogP contribution in [0.25, 0.3) is 0 Å². The highest BCUT2D eigenvalue weighted by Crippen LogP contribution is 2.17. The van der Waals surface area contributed by atoms with Crippen molar-refractivity contribution in [2.75, 3.05) is 7.05 Å². The third-order valence-corrected chi connectivity index (χ3v) is 1.85. The monoisotopic (exact) mass is 164 g/mol. The van der Waals surface area contributed by atoms with E-state index in [1.165, 1.54) is 7.05 Å². The van der Waals surface area contributed by atoms with Gasteiger partial charge in [0.1, 0.15) is 11.6 Å². The minimum Gasteiger partial charge on any atom is -0.281 e. The fourth-order valence-electron chi connectivity index (χ4n) is 1.04. The van der Waals surface area contributed by atoms with Crippen LogP contribution in [0.4, 0.5) is 0 Å². The van der Waals surface area contributed by atoms with Gasteiger partial charge in [0.25, 0.3) is 5.91 Å². The molecule has 0 aliphatic carbocycles. The topological polar surface area (TPSA) is 61.2 Å². The fourth-order valence-corrected chi connectivity index (χ4v) is 1.04. The molecule has 0 saturated carbocycles. The molecule has 0 atom stereocenters. The number of nitriles is 1. The smallest absolute Gasteiger partial charge is 0.270 e. The molecule has 0 unspecified atom stereocenters. The molecule has 0 aromatic rings. The Kier molecular flexibility index (Phi) is 1.96. The number of nitrogens with zero attached hydrogens (tertiary/aromatic N) is 2. The summed E-state index contributed by atoms with van der Waals surface area (Å²) in [5.41, 5.74) is 0.655. The average molecular weight is 164 g/mol. The summed E-state index contributed by atoms with van der Waals surface area (Å²) in [5, 5.41) is 8.57. The average Bonchev–Trinajstić information content (AvgIpc) is 2.01. The molecular formula is C8H8N2O2. The van der Waals surface area contributed by atoms with E-state index in [1.807, 2.05) is 0 Å². The number of rotatable bonds is 0. The normalized spacial score (nSPS) is 18.2. The number of imide groups is 1. The SMILES string of the molecule is CC1=C(C#N)C(=O)N(C)C(=O)C1. The molecule has 62 valence electrons. The third-order valence-electron chi connectivity index (χ3n) is 1.85. The largest absolute Gasteiger partial charge is 0.281 e. The molecule has 0 N–H and O–H groups in total. The van der Waals surface area contributed by atoms with Gasteiger partial charge >= 0.3 is 0 Å². The van der Waals surface area contributed by atoms with Crippen molar-refractivity contribution in [2.45, 2.75) is 13.3 Å². The van der Waals surface area contributed by atoms with Crippen LogP contribution in [0.15, 0.2) is 11.1 Å². The van der Waals surface area contributed by atoms with Crippen LogP contribution in [0.2, 0.25) is 0 Å². The lowest BCUT2D eigenvalue weighted by Gasteiger charge is -2.20. The Morgan fingerprint density at radius 2 is 2.08 bits per heavy atom. The van der Waals surface area contributed by atoms with Gasteiger partial charge in [-0.15, -0.1) is 0 Å². The zero-order valence-corrected chi connectivity index (χ0v) is 6.92. The molecule has 12 heavy (non-hydrogen) atoms. The molecule has 0 saturated heterocycles. The molecule has 4 heteroatoms. The van der Waals surface area contributed by atoms with Crippen molar-refractivity contribution in [3.63, 3.8) is 0 Å². The van der Waals surface area contributed by atoms with Gasteiger partial charge in [0, 0.05) is 13.5 Å². The number of hydrogen-bond acceptors (Lipinski definition) is 3. The van der Waals surface area contributed by atoms with Crippen molar-refractivity contribution in [3.05, 3.63) is 11.1 Å². The fraction of sp³-hybridized carbons (Fsp3) is 0.375. The van der Waals surface area contributed by atoms with Gasteiger partial charge in [-0.3, -0.25) is 14.5 Å². The summed E-state index contributed by atoms with van der Waals surface area (Å²) in [5.74, 6) is -0.747. The van der Waals surface area contributed by atoms with Crippen LogP contribution in [-0.4, -0.2) is 23.8 Å².